The number of anilines is 1. The maximum atomic E-state index is 8.77. The Hall–Kier alpha value is -2.31. The molecule has 0 saturated carbocycles. The zero-order valence-corrected chi connectivity index (χ0v) is 18.7. The largest absolute Gasteiger partial charge is 0.399 e. The molecule has 0 radical (unpaired) electrons. The zero-order valence-electron chi connectivity index (χ0n) is 18.7. The second-order valence-corrected chi connectivity index (χ2v) is 6.72. The molecule has 0 bridgehead atoms. The molecule has 0 fully saturated rings. The monoisotopic (exact) mass is 403 g/mol. The fraction of sp³-hybridized carbons (Fsp3) is 0.522. The van der Waals surface area contributed by atoms with Crippen LogP contribution in [0.2, 0.25) is 0 Å². The number of allylic oxidation sites excluding steroid dienone is 1. The highest BCUT2D eigenvalue weighted by Crippen LogP contribution is 2.17. The van der Waals surface area contributed by atoms with Crippen LogP contribution in [0.1, 0.15) is 45.6 Å². The van der Waals surface area contributed by atoms with E-state index in [0.29, 0.717) is 17.8 Å². The van der Waals surface area contributed by atoms with Gasteiger partial charge in [0.05, 0.1) is 6.34 Å². The molecule has 6 N–H and O–H groups in total. The van der Waals surface area contributed by atoms with E-state index in [9.17, 15) is 0 Å². The van der Waals surface area contributed by atoms with Gasteiger partial charge in [0.1, 0.15) is 0 Å². The van der Waals surface area contributed by atoms with Crippen LogP contribution in [-0.4, -0.2) is 44.2 Å². The van der Waals surface area contributed by atoms with Gasteiger partial charge >= 0.3 is 0 Å². The van der Waals surface area contributed by atoms with Crippen LogP contribution in [0.25, 0.3) is 0 Å². The number of nitrogens with zero attached hydrogens (tertiary/aromatic N) is 2. The van der Waals surface area contributed by atoms with Gasteiger partial charge in [-0.05, 0) is 50.9 Å². The highest BCUT2D eigenvalue weighted by Gasteiger charge is 2.04. The van der Waals surface area contributed by atoms with Crippen LogP contribution in [0.4, 0.5) is 5.69 Å². The van der Waals surface area contributed by atoms with Crippen LogP contribution in [0, 0.1) is 6.92 Å². The first-order chi connectivity index (χ1) is 13.9. The highest BCUT2D eigenvalue weighted by atomic mass is 16.3. The van der Waals surface area contributed by atoms with E-state index < -0.39 is 0 Å². The summed E-state index contributed by atoms with van der Waals surface area (Å²) in [6.45, 7) is 16.5. The Kier molecular flexibility index (Phi) is 15.3. The Morgan fingerprint density at radius 2 is 1.86 bits per heavy atom. The van der Waals surface area contributed by atoms with Crippen molar-refractivity contribution in [1.82, 2.24) is 5.32 Å². The standard InChI is InChI=1S/C14H24N2.C9H17N3O/c1-4-10-15-11-12-16(5-2)14-8-6-13(3)7-9-14;1-3-8(7(2)11)9(4-5-13)12-6-10/h6-9,15H,4-5,10-12H2,1-3H3;6,13H,2-5,11H2,1H3,(H2,10,12)/b;9-8-. The van der Waals surface area contributed by atoms with Gasteiger partial charge in [0.15, 0.2) is 0 Å². The van der Waals surface area contributed by atoms with Gasteiger partial charge in [-0.1, -0.05) is 38.1 Å². The minimum Gasteiger partial charge on any atom is -0.399 e. The van der Waals surface area contributed by atoms with Crippen LogP contribution in [0.15, 0.2) is 52.8 Å². The molecule has 1 aromatic carbocycles. The molecule has 1 aromatic rings. The molecular formula is C23H41N5O. The van der Waals surface area contributed by atoms with Crippen LogP contribution < -0.4 is 21.7 Å². The molecule has 164 valence electrons. The second kappa shape index (κ2) is 16.6. The maximum Gasteiger partial charge on any atom is 0.0856 e. The van der Waals surface area contributed by atoms with Crippen molar-refractivity contribution in [3.63, 3.8) is 0 Å². The number of aryl methyl sites for hydroxylation is 1. The summed E-state index contributed by atoms with van der Waals surface area (Å²) >= 11 is 0. The van der Waals surface area contributed by atoms with Crippen LogP contribution in [-0.2, 0) is 0 Å². The van der Waals surface area contributed by atoms with E-state index in [2.05, 4.69) is 66.8 Å². The fourth-order valence-corrected chi connectivity index (χ4v) is 2.85. The van der Waals surface area contributed by atoms with Crippen LogP contribution >= 0.6 is 0 Å². The summed E-state index contributed by atoms with van der Waals surface area (Å²) in [6, 6.07) is 8.77. The lowest BCUT2D eigenvalue weighted by Gasteiger charge is -2.23. The Labute approximate surface area is 177 Å². The smallest absolute Gasteiger partial charge is 0.0856 e. The second-order valence-electron chi connectivity index (χ2n) is 6.72. The van der Waals surface area contributed by atoms with Crippen molar-refractivity contribution in [2.24, 2.45) is 16.5 Å². The van der Waals surface area contributed by atoms with Gasteiger partial charge < -0.3 is 26.8 Å². The third-order valence-corrected chi connectivity index (χ3v) is 4.43. The Balaban J connectivity index is 0.000000555. The molecule has 0 amide bonds. The SMILES string of the molecule is C=C(N)/C(CC)=C(/CCO)N=CN.CCCNCCN(CC)c1ccc(C)cc1. The summed E-state index contributed by atoms with van der Waals surface area (Å²) in [5.74, 6) is 0. The Morgan fingerprint density at radius 1 is 1.21 bits per heavy atom. The van der Waals surface area contributed by atoms with Crippen molar-refractivity contribution in [2.75, 3.05) is 37.7 Å². The summed E-state index contributed by atoms with van der Waals surface area (Å²) < 4.78 is 0. The van der Waals surface area contributed by atoms with Crippen molar-refractivity contribution < 1.29 is 5.11 Å². The van der Waals surface area contributed by atoms with Gasteiger partial charge in [0.2, 0.25) is 0 Å². The summed E-state index contributed by atoms with van der Waals surface area (Å²) in [4.78, 5) is 6.34. The number of aliphatic hydroxyl groups excluding tert-OH is 1. The molecule has 0 atom stereocenters. The van der Waals surface area contributed by atoms with Crippen LogP contribution in [0.3, 0.4) is 0 Å². The predicted octanol–water partition coefficient (Wildman–Crippen LogP) is 3.31. The van der Waals surface area contributed by atoms with E-state index in [4.69, 9.17) is 16.6 Å². The van der Waals surface area contributed by atoms with E-state index in [1.54, 1.807) is 0 Å². The number of hydrogen-bond acceptors (Lipinski definition) is 5. The average Bonchev–Trinajstić information content (AvgIpc) is 2.70. The first-order valence-electron chi connectivity index (χ1n) is 10.5. The molecule has 0 aliphatic heterocycles. The number of nitrogens with one attached hydrogen (secondary N) is 1. The third kappa shape index (κ3) is 11.3. The summed E-state index contributed by atoms with van der Waals surface area (Å²) in [7, 11) is 0. The highest BCUT2D eigenvalue weighted by molar-refractivity contribution is 5.54. The lowest BCUT2D eigenvalue weighted by molar-refractivity contribution is 0.298. The van der Waals surface area contributed by atoms with Crippen molar-refractivity contribution in [2.45, 2.75) is 47.0 Å². The molecule has 0 aliphatic carbocycles. The Morgan fingerprint density at radius 3 is 2.31 bits per heavy atom. The number of nitrogens with two attached hydrogens (primary N) is 2. The minimum absolute atomic E-state index is 0.0312. The maximum absolute atomic E-state index is 8.77. The van der Waals surface area contributed by atoms with Crippen molar-refractivity contribution in [3.8, 4) is 0 Å². The summed E-state index contributed by atoms with van der Waals surface area (Å²) in [5.41, 5.74) is 15.4. The lowest BCUT2D eigenvalue weighted by atomic mass is 10.1. The molecule has 6 heteroatoms. The van der Waals surface area contributed by atoms with Gasteiger partial charge in [-0.2, -0.15) is 0 Å². The van der Waals surface area contributed by atoms with Crippen LogP contribution in [0.5, 0.6) is 0 Å². The van der Waals surface area contributed by atoms with E-state index in [1.165, 1.54) is 24.0 Å². The first-order valence-corrected chi connectivity index (χ1v) is 10.5. The van der Waals surface area contributed by atoms with E-state index in [1.807, 2.05) is 6.92 Å². The molecule has 6 nitrogen and oxygen atoms in total. The van der Waals surface area contributed by atoms with Gasteiger partial charge in [-0.15, -0.1) is 0 Å². The summed E-state index contributed by atoms with van der Waals surface area (Å²) in [5, 5.41) is 12.2. The fourth-order valence-electron chi connectivity index (χ4n) is 2.85. The average molecular weight is 404 g/mol. The lowest BCUT2D eigenvalue weighted by Crippen LogP contribution is -2.32. The number of aliphatic hydroxyl groups is 1. The molecule has 0 unspecified atom stereocenters. The van der Waals surface area contributed by atoms with Gasteiger partial charge in [-0.25, -0.2) is 4.99 Å². The summed E-state index contributed by atoms with van der Waals surface area (Å²) in [6.07, 6.45) is 3.59. The van der Waals surface area contributed by atoms with Gasteiger partial charge in [-0.3, -0.25) is 0 Å². The molecule has 0 heterocycles. The van der Waals surface area contributed by atoms with E-state index in [0.717, 1.165) is 38.2 Å². The van der Waals surface area contributed by atoms with E-state index in [-0.39, 0.29) is 6.61 Å². The number of benzene rings is 1. The molecule has 0 aliphatic rings. The Bertz CT molecular complexity index is 623. The zero-order chi connectivity index (χ0) is 22.1. The number of rotatable bonds is 12. The first kappa shape index (κ1) is 26.7. The molecule has 0 saturated heterocycles. The topological polar surface area (TPSA) is 99.9 Å². The van der Waals surface area contributed by atoms with Crippen molar-refractivity contribution in [3.05, 3.63) is 53.4 Å². The minimum atomic E-state index is 0.0312. The number of aliphatic imine (C=N–C) groups is 1. The predicted molar refractivity (Wildman–Crippen MR) is 127 cm³/mol. The number of hydrogen-bond donors (Lipinski definition) is 4. The van der Waals surface area contributed by atoms with Crippen molar-refractivity contribution >= 4 is 12.0 Å². The normalized spacial score (nSPS) is 11.6. The molecule has 0 aromatic heterocycles. The van der Waals surface area contributed by atoms with Crippen molar-refractivity contribution in [1.29, 1.82) is 0 Å². The number of likely N-dealkylation sites (N-methyl/N-ethyl adjacent to an activating group) is 1. The van der Waals surface area contributed by atoms with Gasteiger partial charge in [0, 0.05) is 49.7 Å². The molecule has 29 heavy (non-hydrogen) atoms. The van der Waals surface area contributed by atoms with E-state index >= 15 is 0 Å². The molecular weight excluding hydrogens is 362 g/mol. The third-order valence-electron chi connectivity index (χ3n) is 4.43. The molecule has 1 rings (SSSR count). The molecule has 0 spiro atoms. The van der Waals surface area contributed by atoms with Gasteiger partial charge in [0.25, 0.3) is 0 Å². The quantitative estimate of drug-likeness (QED) is 0.186.